The zero-order chi connectivity index (χ0) is 27.9. The largest absolute Gasteiger partial charge is 0.497 e. The third-order valence-corrected chi connectivity index (χ3v) is 6.11. The van der Waals surface area contributed by atoms with Crippen molar-refractivity contribution >= 4 is 17.3 Å². The molecule has 200 valence electrons. The van der Waals surface area contributed by atoms with E-state index in [1.807, 2.05) is 43.3 Å². The van der Waals surface area contributed by atoms with Crippen LogP contribution in [0.5, 0.6) is 17.2 Å². The highest BCUT2D eigenvalue weighted by Crippen LogP contribution is 2.30. The Morgan fingerprint density at radius 1 is 0.925 bits per heavy atom. The van der Waals surface area contributed by atoms with Crippen molar-refractivity contribution in [2.24, 2.45) is 0 Å². The van der Waals surface area contributed by atoms with Gasteiger partial charge in [-0.1, -0.05) is 23.8 Å². The summed E-state index contributed by atoms with van der Waals surface area (Å²) in [5.41, 5.74) is 3.33. The Hall–Kier alpha value is -5.44. The fraction of sp³-hybridized carbons (Fsp3) is 0.0968. The molecule has 0 fully saturated rings. The molecular formula is C31H27N5O4. The number of amides is 1. The van der Waals surface area contributed by atoms with Crippen LogP contribution in [-0.4, -0.2) is 27.8 Å². The molecule has 1 amide bonds. The first-order chi connectivity index (χ1) is 19.5. The molecule has 0 saturated heterocycles. The number of aryl methyl sites for hydroxylation is 1. The number of ether oxygens (including phenoxy) is 2. The number of methoxy groups -OCH3 is 1. The predicted octanol–water partition coefficient (Wildman–Crippen LogP) is 5.41. The maximum Gasteiger partial charge on any atom is 0.299 e. The standard InChI is InChI=1S/C31H27N5O4/c1-21-6-8-25(9-7-21)36-31(38)29(28(20-34-36)40-27-12-10-26(39-2)11-13-27)35-24-5-3-4-23(18-24)30(37)33-19-22-14-16-32-17-15-22/h3-18,20,35H,19H2,1-2H3,(H,33,37). The average molecular weight is 534 g/mol. The summed E-state index contributed by atoms with van der Waals surface area (Å²) in [6.45, 7) is 2.34. The quantitative estimate of drug-likeness (QED) is 0.261. The van der Waals surface area contributed by atoms with E-state index in [0.29, 0.717) is 35.0 Å². The molecule has 2 N–H and O–H groups in total. The monoisotopic (exact) mass is 533 g/mol. The van der Waals surface area contributed by atoms with Gasteiger partial charge in [0.2, 0.25) is 0 Å². The summed E-state index contributed by atoms with van der Waals surface area (Å²) < 4.78 is 12.6. The SMILES string of the molecule is COc1ccc(Oc2cnn(-c3ccc(C)cc3)c(=O)c2Nc2cccc(C(=O)NCc3ccncc3)c2)cc1. The van der Waals surface area contributed by atoms with Gasteiger partial charge < -0.3 is 20.1 Å². The number of pyridine rings is 1. The van der Waals surface area contributed by atoms with Crippen LogP contribution in [0, 0.1) is 6.92 Å². The van der Waals surface area contributed by atoms with Crippen LogP contribution < -0.4 is 25.7 Å². The molecule has 0 unspecified atom stereocenters. The smallest absolute Gasteiger partial charge is 0.299 e. The van der Waals surface area contributed by atoms with Crippen LogP contribution in [0.3, 0.4) is 0 Å². The van der Waals surface area contributed by atoms with Crippen molar-refractivity contribution in [3.05, 3.63) is 131 Å². The number of carbonyl (C=O) groups excluding carboxylic acids is 1. The maximum atomic E-state index is 13.7. The number of nitrogens with zero attached hydrogens (tertiary/aromatic N) is 3. The normalized spacial score (nSPS) is 10.6. The lowest BCUT2D eigenvalue weighted by molar-refractivity contribution is 0.0951. The Kier molecular flexibility index (Phi) is 7.82. The molecular weight excluding hydrogens is 506 g/mol. The Bertz CT molecular complexity index is 1670. The Morgan fingerprint density at radius 2 is 1.65 bits per heavy atom. The number of hydrogen-bond acceptors (Lipinski definition) is 7. The average Bonchev–Trinajstić information content (AvgIpc) is 2.99. The van der Waals surface area contributed by atoms with Gasteiger partial charge in [-0.05, 0) is 79.2 Å². The third kappa shape index (κ3) is 6.16. The molecule has 0 aliphatic carbocycles. The first-order valence-electron chi connectivity index (χ1n) is 12.6. The van der Waals surface area contributed by atoms with Gasteiger partial charge in [-0.15, -0.1) is 0 Å². The topological polar surface area (TPSA) is 107 Å². The summed E-state index contributed by atoms with van der Waals surface area (Å²) in [6, 6.07) is 25.0. The van der Waals surface area contributed by atoms with Crippen molar-refractivity contribution < 1.29 is 14.3 Å². The van der Waals surface area contributed by atoms with Gasteiger partial charge in [0.15, 0.2) is 11.4 Å². The Labute approximate surface area is 231 Å². The van der Waals surface area contributed by atoms with Crippen LogP contribution in [0.1, 0.15) is 21.5 Å². The Morgan fingerprint density at radius 3 is 2.38 bits per heavy atom. The molecule has 9 heteroatoms. The number of aromatic nitrogens is 3. The van der Waals surface area contributed by atoms with Crippen LogP contribution in [0.25, 0.3) is 5.69 Å². The van der Waals surface area contributed by atoms with Crippen molar-refractivity contribution in [3.8, 4) is 22.9 Å². The number of anilines is 2. The van der Waals surface area contributed by atoms with Gasteiger partial charge >= 0.3 is 0 Å². The molecule has 9 nitrogen and oxygen atoms in total. The number of nitrogens with one attached hydrogen (secondary N) is 2. The molecule has 0 spiro atoms. The van der Waals surface area contributed by atoms with Gasteiger partial charge in [0.1, 0.15) is 11.5 Å². The molecule has 0 radical (unpaired) electrons. The first-order valence-corrected chi connectivity index (χ1v) is 12.6. The van der Waals surface area contributed by atoms with E-state index < -0.39 is 5.56 Å². The van der Waals surface area contributed by atoms with Gasteiger partial charge in [0, 0.05) is 30.2 Å². The minimum absolute atomic E-state index is 0.167. The molecule has 0 atom stereocenters. The molecule has 5 aromatic rings. The van der Waals surface area contributed by atoms with Crippen LogP contribution in [0.15, 0.2) is 108 Å². The zero-order valence-electron chi connectivity index (χ0n) is 22.0. The highest BCUT2D eigenvalue weighted by atomic mass is 16.5. The van der Waals surface area contributed by atoms with Crippen molar-refractivity contribution in [2.75, 3.05) is 12.4 Å². The molecule has 3 aromatic carbocycles. The number of benzene rings is 3. The summed E-state index contributed by atoms with van der Waals surface area (Å²) in [4.78, 5) is 30.5. The third-order valence-electron chi connectivity index (χ3n) is 6.11. The van der Waals surface area contributed by atoms with Crippen LogP contribution in [0.2, 0.25) is 0 Å². The minimum atomic E-state index is -0.414. The van der Waals surface area contributed by atoms with Gasteiger partial charge in [-0.25, -0.2) is 0 Å². The summed E-state index contributed by atoms with van der Waals surface area (Å²) in [7, 11) is 1.58. The van der Waals surface area contributed by atoms with E-state index >= 15 is 0 Å². The molecule has 40 heavy (non-hydrogen) atoms. The van der Waals surface area contributed by atoms with Gasteiger partial charge in [0.25, 0.3) is 11.5 Å². The molecule has 0 aliphatic heterocycles. The lowest BCUT2D eigenvalue weighted by Crippen LogP contribution is -2.24. The second kappa shape index (κ2) is 12.0. The van der Waals surface area contributed by atoms with E-state index in [1.54, 1.807) is 68.0 Å². The van der Waals surface area contributed by atoms with E-state index in [-0.39, 0.29) is 17.3 Å². The molecule has 2 heterocycles. The van der Waals surface area contributed by atoms with Gasteiger partial charge in [0.05, 0.1) is 19.0 Å². The molecule has 0 bridgehead atoms. The molecule has 5 rings (SSSR count). The number of rotatable bonds is 9. The summed E-state index contributed by atoms with van der Waals surface area (Å²) >= 11 is 0. The van der Waals surface area contributed by atoms with E-state index in [1.165, 1.54) is 10.9 Å². The fourth-order valence-corrected chi connectivity index (χ4v) is 3.94. The van der Waals surface area contributed by atoms with Crippen molar-refractivity contribution in [2.45, 2.75) is 13.5 Å². The summed E-state index contributed by atoms with van der Waals surface area (Å²) in [5, 5.41) is 10.4. The van der Waals surface area contributed by atoms with E-state index in [9.17, 15) is 9.59 Å². The van der Waals surface area contributed by atoms with E-state index in [2.05, 4.69) is 20.7 Å². The Balaban J connectivity index is 1.46. The van der Waals surface area contributed by atoms with Crippen LogP contribution in [0.4, 0.5) is 11.4 Å². The summed E-state index contributed by atoms with van der Waals surface area (Å²) in [5.74, 6) is 1.16. The molecule has 0 aliphatic rings. The maximum absolute atomic E-state index is 13.7. The van der Waals surface area contributed by atoms with Crippen molar-refractivity contribution in [3.63, 3.8) is 0 Å². The van der Waals surface area contributed by atoms with E-state index in [0.717, 1.165) is 11.1 Å². The molecule has 2 aromatic heterocycles. The highest BCUT2D eigenvalue weighted by molar-refractivity contribution is 5.95. The number of hydrogen-bond donors (Lipinski definition) is 2. The van der Waals surface area contributed by atoms with Crippen LogP contribution >= 0.6 is 0 Å². The minimum Gasteiger partial charge on any atom is -0.497 e. The van der Waals surface area contributed by atoms with Gasteiger partial charge in [-0.2, -0.15) is 9.78 Å². The van der Waals surface area contributed by atoms with Gasteiger partial charge in [-0.3, -0.25) is 14.6 Å². The number of carbonyl (C=O) groups is 1. The van der Waals surface area contributed by atoms with E-state index in [4.69, 9.17) is 9.47 Å². The second-order valence-electron chi connectivity index (χ2n) is 8.96. The lowest BCUT2D eigenvalue weighted by Gasteiger charge is -2.15. The van der Waals surface area contributed by atoms with Crippen molar-refractivity contribution in [1.29, 1.82) is 0 Å². The van der Waals surface area contributed by atoms with Crippen molar-refractivity contribution in [1.82, 2.24) is 20.1 Å². The lowest BCUT2D eigenvalue weighted by atomic mass is 10.1. The second-order valence-corrected chi connectivity index (χ2v) is 8.96. The first kappa shape index (κ1) is 26.2. The predicted molar refractivity (Wildman–Crippen MR) is 153 cm³/mol. The van der Waals surface area contributed by atoms with Crippen LogP contribution in [-0.2, 0) is 6.54 Å². The highest BCUT2D eigenvalue weighted by Gasteiger charge is 2.16. The fourth-order valence-electron chi connectivity index (χ4n) is 3.94. The molecule has 0 saturated carbocycles. The zero-order valence-corrected chi connectivity index (χ0v) is 22.0. The summed E-state index contributed by atoms with van der Waals surface area (Å²) in [6.07, 6.45) is 4.84.